The number of nitrogens with two attached hydrogens (primary N) is 1. The molecule has 0 bridgehead atoms. The molecule has 1 aromatic carbocycles. The first-order chi connectivity index (χ1) is 10.1. The summed E-state index contributed by atoms with van der Waals surface area (Å²) in [7, 11) is 1.43. The summed E-state index contributed by atoms with van der Waals surface area (Å²) < 4.78 is 39.6. The van der Waals surface area contributed by atoms with Gasteiger partial charge in [-0.2, -0.15) is 8.78 Å². The van der Waals surface area contributed by atoms with Crippen LogP contribution in [0.2, 0.25) is 0 Å². The Balaban J connectivity index is 2.03. The lowest BCUT2D eigenvalue weighted by molar-refractivity contribution is -0.0512. The van der Waals surface area contributed by atoms with Gasteiger partial charge in [-0.3, -0.25) is 4.90 Å². The minimum absolute atomic E-state index is 0.0399. The number of morpholine rings is 1. The minimum Gasteiger partial charge on any atom is -0.493 e. The Bertz CT molecular complexity index is 460. The van der Waals surface area contributed by atoms with Gasteiger partial charge in [0.15, 0.2) is 11.5 Å². The molecule has 2 N–H and O–H groups in total. The first-order valence-electron chi connectivity index (χ1n) is 6.78. The van der Waals surface area contributed by atoms with E-state index in [4.69, 9.17) is 15.2 Å². The zero-order valence-electron chi connectivity index (χ0n) is 11.9. The van der Waals surface area contributed by atoms with Gasteiger partial charge < -0.3 is 19.9 Å². The smallest absolute Gasteiger partial charge is 0.387 e. The third kappa shape index (κ3) is 4.52. The molecule has 1 unspecified atom stereocenters. The Kier molecular flexibility index (Phi) is 5.72. The van der Waals surface area contributed by atoms with E-state index >= 15 is 0 Å². The number of methoxy groups -OCH3 is 1. The molecular formula is C14H20F2N2O3. The number of hydrogen-bond acceptors (Lipinski definition) is 5. The predicted molar refractivity (Wildman–Crippen MR) is 73.7 cm³/mol. The van der Waals surface area contributed by atoms with E-state index in [1.807, 2.05) is 0 Å². The van der Waals surface area contributed by atoms with Gasteiger partial charge in [-0.05, 0) is 17.7 Å². The lowest BCUT2D eigenvalue weighted by atomic mass is 10.1. The molecule has 0 amide bonds. The van der Waals surface area contributed by atoms with Gasteiger partial charge in [-0.15, -0.1) is 0 Å². The molecule has 1 saturated heterocycles. The van der Waals surface area contributed by atoms with E-state index in [0.29, 0.717) is 25.4 Å². The SMILES string of the molecule is COc1cc(CN2CCOC(CN)C2)ccc1OC(F)F. The van der Waals surface area contributed by atoms with Crippen LogP contribution in [0.3, 0.4) is 0 Å². The van der Waals surface area contributed by atoms with Crippen molar-refractivity contribution < 1.29 is 23.0 Å². The Morgan fingerprint density at radius 2 is 2.24 bits per heavy atom. The van der Waals surface area contributed by atoms with Crippen molar-refractivity contribution >= 4 is 0 Å². The molecule has 0 spiro atoms. The van der Waals surface area contributed by atoms with Crippen LogP contribution in [0.5, 0.6) is 11.5 Å². The molecule has 1 aliphatic rings. The highest BCUT2D eigenvalue weighted by Crippen LogP contribution is 2.30. The van der Waals surface area contributed by atoms with Gasteiger partial charge in [-0.1, -0.05) is 6.07 Å². The largest absolute Gasteiger partial charge is 0.493 e. The Morgan fingerprint density at radius 1 is 1.43 bits per heavy atom. The molecule has 0 aromatic heterocycles. The third-order valence-corrected chi connectivity index (χ3v) is 3.34. The van der Waals surface area contributed by atoms with Crippen LogP contribution in [-0.4, -0.2) is 51.0 Å². The van der Waals surface area contributed by atoms with Gasteiger partial charge in [-0.25, -0.2) is 0 Å². The maximum Gasteiger partial charge on any atom is 0.387 e. The molecule has 1 aliphatic heterocycles. The standard InChI is InChI=1S/C14H20F2N2O3/c1-19-13-6-10(2-3-12(13)21-14(15)16)8-18-4-5-20-11(7-17)9-18/h2-3,6,11,14H,4-5,7-9,17H2,1H3. The fraction of sp³-hybridized carbons (Fsp3) is 0.571. The Morgan fingerprint density at radius 3 is 2.90 bits per heavy atom. The highest BCUT2D eigenvalue weighted by atomic mass is 19.3. The maximum atomic E-state index is 12.3. The summed E-state index contributed by atoms with van der Waals surface area (Å²) in [6.07, 6.45) is 0.0436. The Labute approximate surface area is 122 Å². The number of halogens is 2. The highest BCUT2D eigenvalue weighted by molar-refractivity contribution is 5.43. The van der Waals surface area contributed by atoms with Crippen LogP contribution in [0.25, 0.3) is 0 Å². The summed E-state index contributed by atoms with van der Waals surface area (Å²) in [6.45, 7) is 0.522. The topological polar surface area (TPSA) is 57.0 Å². The molecule has 118 valence electrons. The van der Waals surface area contributed by atoms with Crippen molar-refractivity contribution in [2.45, 2.75) is 19.3 Å². The van der Waals surface area contributed by atoms with E-state index in [-0.39, 0.29) is 11.9 Å². The molecule has 1 heterocycles. The Hall–Kier alpha value is -1.44. The number of alkyl halides is 2. The van der Waals surface area contributed by atoms with Gasteiger partial charge >= 0.3 is 6.61 Å². The monoisotopic (exact) mass is 302 g/mol. The normalized spacial score (nSPS) is 19.8. The number of hydrogen-bond donors (Lipinski definition) is 1. The molecular weight excluding hydrogens is 282 g/mol. The van der Waals surface area contributed by atoms with E-state index in [1.54, 1.807) is 12.1 Å². The minimum atomic E-state index is -2.87. The second kappa shape index (κ2) is 7.53. The van der Waals surface area contributed by atoms with Crippen LogP contribution in [-0.2, 0) is 11.3 Å². The quantitative estimate of drug-likeness (QED) is 0.862. The first-order valence-corrected chi connectivity index (χ1v) is 6.78. The van der Waals surface area contributed by atoms with E-state index in [2.05, 4.69) is 9.64 Å². The van der Waals surface area contributed by atoms with Gasteiger partial charge in [0.1, 0.15) is 0 Å². The van der Waals surface area contributed by atoms with Crippen LogP contribution in [0.4, 0.5) is 8.78 Å². The summed E-state index contributed by atoms with van der Waals surface area (Å²) >= 11 is 0. The van der Waals surface area contributed by atoms with Crippen LogP contribution in [0.15, 0.2) is 18.2 Å². The summed E-state index contributed by atoms with van der Waals surface area (Å²) in [6, 6.07) is 4.97. The molecule has 1 atom stereocenters. The molecule has 1 aromatic rings. The van der Waals surface area contributed by atoms with Crippen LogP contribution >= 0.6 is 0 Å². The average molecular weight is 302 g/mol. The molecule has 1 fully saturated rings. The van der Waals surface area contributed by atoms with Gasteiger partial charge in [0.2, 0.25) is 0 Å². The lowest BCUT2D eigenvalue weighted by Gasteiger charge is -2.32. The molecule has 7 heteroatoms. The van der Waals surface area contributed by atoms with E-state index in [1.165, 1.54) is 13.2 Å². The fourth-order valence-electron chi connectivity index (χ4n) is 2.33. The summed E-state index contributed by atoms with van der Waals surface area (Å²) in [5.74, 6) is 0.342. The molecule has 2 rings (SSSR count). The number of nitrogens with zero attached hydrogens (tertiary/aromatic N) is 1. The van der Waals surface area contributed by atoms with Crippen LogP contribution < -0.4 is 15.2 Å². The zero-order chi connectivity index (χ0) is 15.2. The molecule has 0 radical (unpaired) electrons. The summed E-state index contributed by atoms with van der Waals surface area (Å²) in [4.78, 5) is 2.21. The van der Waals surface area contributed by atoms with Crippen molar-refractivity contribution in [3.05, 3.63) is 23.8 Å². The van der Waals surface area contributed by atoms with Crippen molar-refractivity contribution in [1.82, 2.24) is 4.90 Å². The number of rotatable bonds is 6. The van der Waals surface area contributed by atoms with Crippen LogP contribution in [0, 0.1) is 0 Å². The van der Waals surface area contributed by atoms with Crippen molar-refractivity contribution in [1.29, 1.82) is 0 Å². The van der Waals surface area contributed by atoms with Crippen molar-refractivity contribution in [2.24, 2.45) is 5.73 Å². The van der Waals surface area contributed by atoms with E-state index < -0.39 is 6.61 Å². The first kappa shape index (κ1) is 15.9. The van der Waals surface area contributed by atoms with Crippen molar-refractivity contribution in [3.8, 4) is 11.5 Å². The summed E-state index contributed by atoms with van der Waals surface area (Å²) in [5, 5.41) is 0. The lowest BCUT2D eigenvalue weighted by Crippen LogP contribution is -2.45. The average Bonchev–Trinajstić information content (AvgIpc) is 2.48. The number of benzene rings is 1. The predicted octanol–water partition coefficient (Wildman–Crippen LogP) is 1.46. The van der Waals surface area contributed by atoms with Gasteiger partial charge in [0.05, 0.1) is 19.8 Å². The molecule has 0 aliphatic carbocycles. The van der Waals surface area contributed by atoms with Crippen LogP contribution in [0.1, 0.15) is 5.56 Å². The fourth-order valence-corrected chi connectivity index (χ4v) is 2.33. The number of ether oxygens (including phenoxy) is 3. The van der Waals surface area contributed by atoms with E-state index in [0.717, 1.165) is 18.7 Å². The second-order valence-electron chi connectivity index (χ2n) is 4.83. The van der Waals surface area contributed by atoms with Gasteiger partial charge in [0, 0.05) is 26.2 Å². The van der Waals surface area contributed by atoms with Crippen molar-refractivity contribution in [2.75, 3.05) is 33.4 Å². The molecule has 21 heavy (non-hydrogen) atoms. The maximum absolute atomic E-state index is 12.3. The summed E-state index contributed by atoms with van der Waals surface area (Å²) in [5.41, 5.74) is 6.58. The molecule has 5 nitrogen and oxygen atoms in total. The third-order valence-electron chi connectivity index (χ3n) is 3.34. The van der Waals surface area contributed by atoms with E-state index in [9.17, 15) is 8.78 Å². The van der Waals surface area contributed by atoms with Gasteiger partial charge in [0.25, 0.3) is 0 Å². The highest BCUT2D eigenvalue weighted by Gasteiger charge is 2.20. The van der Waals surface area contributed by atoms with Crippen molar-refractivity contribution in [3.63, 3.8) is 0 Å². The zero-order valence-corrected chi connectivity index (χ0v) is 11.9. The molecule has 0 saturated carbocycles. The second-order valence-corrected chi connectivity index (χ2v) is 4.83.